The van der Waals surface area contributed by atoms with Gasteiger partial charge in [-0.3, -0.25) is 9.59 Å². The van der Waals surface area contributed by atoms with Crippen LogP contribution in [0.15, 0.2) is 12.1 Å². The Morgan fingerprint density at radius 1 is 1.27 bits per heavy atom. The second-order valence-electron chi connectivity index (χ2n) is 6.21. The number of amides is 1. The van der Waals surface area contributed by atoms with E-state index in [0.29, 0.717) is 42.4 Å². The van der Waals surface area contributed by atoms with Crippen LogP contribution in [-0.2, 0) is 22.6 Å². The summed E-state index contributed by atoms with van der Waals surface area (Å²) in [6, 6.07) is 3.55. The summed E-state index contributed by atoms with van der Waals surface area (Å²) in [4.78, 5) is 25.6. The maximum Gasteiger partial charge on any atom is 0.310 e. The number of halogens is 2. The maximum absolute atomic E-state index is 12.5. The minimum Gasteiger partial charge on any atom is -0.481 e. The van der Waals surface area contributed by atoms with Gasteiger partial charge in [-0.1, -0.05) is 29.6 Å². The van der Waals surface area contributed by atoms with Gasteiger partial charge in [0.2, 0.25) is 5.91 Å². The van der Waals surface area contributed by atoms with Crippen LogP contribution in [-0.4, -0.2) is 28.4 Å². The molecule has 0 radical (unpaired) electrons. The van der Waals surface area contributed by atoms with Gasteiger partial charge in [0, 0.05) is 29.6 Å². The van der Waals surface area contributed by atoms with E-state index in [-0.39, 0.29) is 12.3 Å². The highest BCUT2D eigenvalue weighted by Gasteiger charge is 2.46. The van der Waals surface area contributed by atoms with Gasteiger partial charge < -0.3 is 10.0 Å². The van der Waals surface area contributed by atoms with Crippen LogP contribution in [0, 0.1) is 5.41 Å². The van der Waals surface area contributed by atoms with Crippen LogP contribution in [0.2, 0.25) is 10.0 Å². The molecular weight excluding hydrogens is 325 g/mol. The van der Waals surface area contributed by atoms with Crippen molar-refractivity contribution in [2.24, 2.45) is 5.41 Å². The summed E-state index contributed by atoms with van der Waals surface area (Å²) in [6.07, 6.45) is 2.84. The molecule has 0 spiro atoms. The summed E-state index contributed by atoms with van der Waals surface area (Å²) >= 11 is 12.2. The fraction of sp³-hybridized carbons (Fsp3) is 0.500. The second-order valence-corrected chi connectivity index (χ2v) is 7.05. The predicted octanol–water partition coefficient (Wildman–Crippen LogP) is 3.52. The third kappa shape index (κ3) is 2.70. The lowest BCUT2D eigenvalue weighted by Crippen LogP contribution is -2.45. The van der Waals surface area contributed by atoms with E-state index in [1.165, 1.54) is 0 Å². The molecule has 1 aliphatic carbocycles. The van der Waals surface area contributed by atoms with Gasteiger partial charge in [0.25, 0.3) is 0 Å². The lowest BCUT2D eigenvalue weighted by atomic mass is 9.66. The molecule has 0 aromatic heterocycles. The van der Waals surface area contributed by atoms with Gasteiger partial charge in [-0.15, -0.1) is 0 Å². The van der Waals surface area contributed by atoms with Crippen molar-refractivity contribution in [3.63, 3.8) is 0 Å². The molecule has 0 atom stereocenters. The highest BCUT2D eigenvalue weighted by atomic mass is 35.5. The number of nitrogens with zero attached hydrogens (tertiary/aromatic N) is 1. The van der Waals surface area contributed by atoms with Crippen molar-refractivity contribution in [2.45, 2.75) is 38.6 Å². The van der Waals surface area contributed by atoms with Crippen LogP contribution in [0.25, 0.3) is 0 Å². The smallest absolute Gasteiger partial charge is 0.310 e. The van der Waals surface area contributed by atoms with E-state index in [1.54, 1.807) is 11.0 Å². The molecule has 0 bridgehead atoms. The molecule has 0 saturated heterocycles. The van der Waals surface area contributed by atoms with Crippen molar-refractivity contribution >= 4 is 35.1 Å². The number of fused-ring (bicyclic) bond motifs is 1. The van der Waals surface area contributed by atoms with Crippen LogP contribution in [0.1, 0.15) is 36.8 Å². The summed E-state index contributed by atoms with van der Waals surface area (Å²) in [6.45, 7) is 1.02. The maximum atomic E-state index is 12.5. The fourth-order valence-corrected chi connectivity index (χ4v) is 3.92. The van der Waals surface area contributed by atoms with Gasteiger partial charge in [0.1, 0.15) is 0 Å². The fourth-order valence-electron chi connectivity index (χ4n) is 3.29. The Morgan fingerprint density at radius 3 is 2.59 bits per heavy atom. The molecule has 1 heterocycles. The quantitative estimate of drug-likeness (QED) is 0.914. The van der Waals surface area contributed by atoms with E-state index in [0.717, 1.165) is 17.5 Å². The van der Waals surface area contributed by atoms with Gasteiger partial charge in [-0.2, -0.15) is 0 Å². The molecule has 1 N–H and O–H groups in total. The molecule has 4 nitrogen and oxygen atoms in total. The minimum atomic E-state index is -0.851. The molecule has 6 heteroatoms. The Hall–Kier alpha value is -1.26. The van der Waals surface area contributed by atoms with E-state index in [1.807, 2.05) is 6.07 Å². The zero-order valence-electron chi connectivity index (χ0n) is 12.1. The molecule has 1 aromatic carbocycles. The molecule has 118 valence electrons. The van der Waals surface area contributed by atoms with E-state index in [4.69, 9.17) is 23.2 Å². The van der Waals surface area contributed by atoms with Gasteiger partial charge in [0.05, 0.1) is 5.41 Å². The Morgan fingerprint density at radius 2 is 2.00 bits per heavy atom. The third-order valence-electron chi connectivity index (χ3n) is 4.85. The summed E-state index contributed by atoms with van der Waals surface area (Å²) in [5.74, 6) is -0.945. The van der Waals surface area contributed by atoms with E-state index >= 15 is 0 Å². The monoisotopic (exact) mass is 341 g/mol. The average molecular weight is 342 g/mol. The molecule has 1 amide bonds. The van der Waals surface area contributed by atoms with Crippen LogP contribution >= 0.6 is 23.2 Å². The van der Waals surface area contributed by atoms with Crippen molar-refractivity contribution < 1.29 is 14.7 Å². The van der Waals surface area contributed by atoms with Crippen molar-refractivity contribution in [2.75, 3.05) is 6.54 Å². The first-order chi connectivity index (χ1) is 10.4. The molecule has 2 aliphatic rings. The Balaban J connectivity index is 1.74. The number of benzene rings is 1. The van der Waals surface area contributed by atoms with Crippen molar-refractivity contribution in [3.05, 3.63) is 33.3 Å². The summed E-state index contributed by atoms with van der Waals surface area (Å²) in [7, 11) is 0. The Bertz CT molecular complexity index is 641. The van der Waals surface area contributed by atoms with E-state index < -0.39 is 11.4 Å². The van der Waals surface area contributed by atoms with Gasteiger partial charge in [0.15, 0.2) is 0 Å². The zero-order valence-corrected chi connectivity index (χ0v) is 13.6. The van der Waals surface area contributed by atoms with Crippen molar-refractivity contribution in [1.82, 2.24) is 4.90 Å². The average Bonchev–Trinajstić information content (AvgIpc) is 2.41. The number of hydrogen-bond donors (Lipinski definition) is 1. The molecule has 1 aliphatic heterocycles. The SMILES string of the molecule is O=C(CC1(C(=O)O)CCC1)N1CCc2c(Cl)cc(Cl)cc2C1. The molecule has 3 rings (SSSR count). The second kappa shape index (κ2) is 5.74. The zero-order chi connectivity index (χ0) is 15.9. The standard InChI is InChI=1S/C16H17Cl2NO3/c17-11-6-10-9-19(5-2-12(10)13(18)7-11)14(20)8-16(15(21)22)3-1-4-16/h6-7H,1-5,8-9H2,(H,21,22). The Labute approximate surface area is 139 Å². The van der Waals surface area contributed by atoms with Gasteiger partial charge in [-0.25, -0.2) is 0 Å². The first-order valence-corrected chi connectivity index (χ1v) is 8.15. The number of carbonyl (C=O) groups is 2. The van der Waals surface area contributed by atoms with Crippen LogP contribution in [0.4, 0.5) is 0 Å². The molecule has 1 saturated carbocycles. The summed E-state index contributed by atoms with van der Waals surface area (Å²) < 4.78 is 0. The number of aliphatic carboxylic acids is 1. The largest absolute Gasteiger partial charge is 0.481 e. The number of carboxylic acid groups (broad SMARTS) is 1. The molecule has 1 fully saturated rings. The third-order valence-corrected chi connectivity index (χ3v) is 5.41. The van der Waals surface area contributed by atoms with Crippen LogP contribution in [0.5, 0.6) is 0 Å². The number of hydrogen-bond acceptors (Lipinski definition) is 2. The van der Waals surface area contributed by atoms with Crippen LogP contribution < -0.4 is 0 Å². The molecule has 1 aromatic rings. The highest BCUT2D eigenvalue weighted by molar-refractivity contribution is 6.35. The van der Waals surface area contributed by atoms with Crippen LogP contribution in [0.3, 0.4) is 0 Å². The molecule has 22 heavy (non-hydrogen) atoms. The van der Waals surface area contributed by atoms with E-state index in [2.05, 4.69) is 0 Å². The van der Waals surface area contributed by atoms with E-state index in [9.17, 15) is 14.7 Å². The van der Waals surface area contributed by atoms with Gasteiger partial charge >= 0.3 is 5.97 Å². The topological polar surface area (TPSA) is 57.6 Å². The molecular formula is C16H17Cl2NO3. The summed E-state index contributed by atoms with van der Waals surface area (Å²) in [5, 5.41) is 10.5. The normalized spacial score (nSPS) is 19.3. The number of rotatable bonds is 3. The predicted molar refractivity (Wildman–Crippen MR) is 84.1 cm³/mol. The minimum absolute atomic E-state index is 0.0893. The lowest BCUT2D eigenvalue weighted by molar-refractivity contribution is -0.159. The first-order valence-electron chi connectivity index (χ1n) is 7.39. The number of carboxylic acids is 1. The van der Waals surface area contributed by atoms with Crippen molar-refractivity contribution in [1.29, 1.82) is 0 Å². The number of carbonyl (C=O) groups excluding carboxylic acids is 1. The van der Waals surface area contributed by atoms with Crippen molar-refractivity contribution in [3.8, 4) is 0 Å². The van der Waals surface area contributed by atoms with Gasteiger partial charge in [-0.05, 0) is 42.5 Å². The summed E-state index contributed by atoms with van der Waals surface area (Å²) in [5.41, 5.74) is 1.14. The Kier molecular flexibility index (Phi) is 4.08. The lowest BCUT2D eigenvalue weighted by Gasteiger charge is -2.39. The highest BCUT2D eigenvalue weighted by Crippen LogP contribution is 2.44. The molecule has 0 unspecified atom stereocenters. The first kappa shape index (κ1) is 15.6.